The van der Waals surface area contributed by atoms with E-state index in [9.17, 15) is 0 Å². The Kier molecular flexibility index (Phi) is 2.57. The molecule has 3 rings (SSSR count). The van der Waals surface area contributed by atoms with Crippen molar-refractivity contribution in [2.24, 2.45) is 5.73 Å². The highest BCUT2D eigenvalue weighted by Gasteiger charge is 2.10. The van der Waals surface area contributed by atoms with E-state index in [0.717, 1.165) is 22.3 Å². The Bertz CT molecular complexity index is 700. The Morgan fingerprint density at radius 3 is 3.06 bits per heavy atom. The number of aryl methyl sites for hydroxylation is 1. The average molecular weight is 238 g/mol. The number of benzene rings is 1. The maximum absolute atomic E-state index is 5.64. The first-order valence-electron chi connectivity index (χ1n) is 5.88. The van der Waals surface area contributed by atoms with Crippen LogP contribution in [0.25, 0.3) is 22.2 Å². The maximum Gasteiger partial charge on any atom is 0.0954 e. The van der Waals surface area contributed by atoms with E-state index in [4.69, 9.17) is 5.73 Å². The molecule has 0 atom stereocenters. The maximum atomic E-state index is 5.64. The van der Waals surface area contributed by atoms with Crippen LogP contribution in [0.2, 0.25) is 0 Å². The molecular formula is C14H14N4. The van der Waals surface area contributed by atoms with Crippen molar-refractivity contribution in [3.8, 4) is 11.3 Å². The van der Waals surface area contributed by atoms with Gasteiger partial charge in [-0.05, 0) is 30.2 Å². The van der Waals surface area contributed by atoms with Gasteiger partial charge >= 0.3 is 0 Å². The van der Waals surface area contributed by atoms with Crippen LogP contribution in [0.1, 0.15) is 11.1 Å². The van der Waals surface area contributed by atoms with Crippen molar-refractivity contribution in [3.05, 3.63) is 47.8 Å². The van der Waals surface area contributed by atoms with Gasteiger partial charge in [-0.3, -0.25) is 0 Å². The van der Waals surface area contributed by atoms with Gasteiger partial charge in [0, 0.05) is 29.2 Å². The third kappa shape index (κ3) is 1.67. The molecule has 3 N–H and O–H groups in total. The van der Waals surface area contributed by atoms with Gasteiger partial charge < -0.3 is 10.7 Å². The summed E-state index contributed by atoms with van der Waals surface area (Å²) in [5, 5.41) is 9.39. The molecule has 0 amide bonds. The van der Waals surface area contributed by atoms with Gasteiger partial charge in [-0.15, -0.1) is 0 Å². The van der Waals surface area contributed by atoms with Gasteiger partial charge in [-0.1, -0.05) is 12.1 Å². The molecule has 1 aromatic carbocycles. The van der Waals surface area contributed by atoms with E-state index >= 15 is 0 Å². The number of fused-ring (bicyclic) bond motifs is 1. The Morgan fingerprint density at radius 1 is 1.33 bits per heavy atom. The minimum absolute atomic E-state index is 0.476. The zero-order valence-corrected chi connectivity index (χ0v) is 10.1. The monoisotopic (exact) mass is 238 g/mol. The summed E-state index contributed by atoms with van der Waals surface area (Å²) in [6.07, 6.45) is 3.67. The third-order valence-corrected chi connectivity index (χ3v) is 3.14. The molecule has 3 aromatic rings. The standard InChI is InChI=1S/C14H14N4/c1-9-3-2-4-12-14(9)11(8-16-12)13-5-10(6-15)7-17-18-13/h2-5,7-8,16H,6,15H2,1H3. The predicted molar refractivity (Wildman–Crippen MR) is 72.0 cm³/mol. The number of nitrogens with two attached hydrogens (primary N) is 1. The van der Waals surface area contributed by atoms with Crippen molar-refractivity contribution < 1.29 is 0 Å². The number of nitrogens with zero attached hydrogens (tertiary/aromatic N) is 2. The first-order valence-corrected chi connectivity index (χ1v) is 5.88. The lowest BCUT2D eigenvalue weighted by molar-refractivity contribution is 0.972. The topological polar surface area (TPSA) is 67.6 Å². The van der Waals surface area contributed by atoms with Crippen LogP contribution in [0, 0.1) is 6.92 Å². The number of hydrogen-bond acceptors (Lipinski definition) is 3. The van der Waals surface area contributed by atoms with Crippen molar-refractivity contribution in [1.82, 2.24) is 15.2 Å². The molecule has 0 aliphatic rings. The molecule has 90 valence electrons. The van der Waals surface area contributed by atoms with Crippen LogP contribution in [0.15, 0.2) is 36.7 Å². The number of H-pyrrole nitrogens is 1. The van der Waals surface area contributed by atoms with Crippen molar-refractivity contribution >= 4 is 10.9 Å². The van der Waals surface area contributed by atoms with Crippen molar-refractivity contribution in [2.45, 2.75) is 13.5 Å². The van der Waals surface area contributed by atoms with E-state index in [0.29, 0.717) is 6.54 Å². The van der Waals surface area contributed by atoms with Crippen LogP contribution in [0.3, 0.4) is 0 Å². The van der Waals surface area contributed by atoms with Gasteiger partial charge in [0.1, 0.15) is 0 Å². The molecule has 0 spiro atoms. The van der Waals surface area contributed by atoms with Gasteiger partial charge in [-0.25, -0.2) is 0 Å². The number of aromatic amines is 1. The summed E-state index contributed by atoms with van der Waals surface area (Å²) in [7, 11) is 0. The highest BCUT2D eigenvalue weighted by atomic mass is 15.1. The lowest BCUT2D eigenvalue weighted by Crippen LogP contribution is -1.98. The zero-order valence-electron chi connectivity index (χ0n) is 10.1. The molecule has 0 radical (unpaired) electrons. The largest absolute Gasteiger partial charge is 0.360 e. The minimum atomic E-state index is 0.476. The van der Waals surface area contributed by atoms with E-state index < -0.39 is 0 Å². The highest BCUT2D eigenvalue weighted by molar-refractivity contribution is 5.96. The fourth-order valence-electron chi connectivity index (χ4n) is 2.22. The molecule has 4 nitrogen and oxygen atoms in total. The second-order valence-electron chi connectivity index (χ2n) is 4.35. The number of nitrogens with one attached hydrogen (secondary N) is 1. The van der Waals surface area contributed by atoms with Crippen LogP contribution in [-0.4, -0.2) is 15.2 Å². The Morgan fingerprint density at radius 2 is 2.22 bits per heavy atom. The van der Waals surface area contributed by atoms with Gasteiger partial charge in [-0.2, -0.15) is 10.2 Å². The van der Waals surface area contributed by atoms with Crippen LogP contribution in [0.4, 0.5) is 0 Å². The summed E-state index contributed by atoms with van der Waals surface area (Å²) < 4.78 is 0. The smallest absolute Gasteiger partial charge is 0.0954 e. The summed E-state index contributed by atoms with van der Waals surface area (Å²) in [5.74, 6) is 0. The Balaban J connectivity index is 2.25. The molecule has 0 aliphatic heterocycles. The van der Waals surface area contributed by atoms with Crippen molar-refractivity contribution in [3.63, 3.8) is 0 Å². The van der Waals surface area contributed by atoms with Gasteiger partial charge in [0.15, 0.2) is 0 Å². The molecule has 4 heteroatoms. The lowest BCUT2D eigenvalue weighted by atomic mass is 10.0. The van der Waals surface area contributed by atoms with E-state index in [1.165, 1.54) is 10.9 Å². The first-order chi connectivity index (χ1) is 8.79. The summed E-state index contributed by atoms with van der Waals surface area (Å²) in [6, 6.07) is 8.19. The van der Waals surface area contributed by atoms with Gasteiger partial charge in [0.25, 0.3) is 0 Å². The molecule has 18 heavy (non-hydrogen) atoms. The fourth-order valence-corrected chi connectivity index (χ4v) is 2.22. The van der Waals surface area contributed by atoms with E-state index in [2.05, 4.69) is 34.2 Å². The van der Waals surface area contributed by atoms with Gasteiger partial charge in [0.05, 0.1) is 11.9 Å². The molecule has 0 aliphatic carbocycles. The molecule has 0 saturated carbocycles. The number of rotatable bonds is 2. The zero-order chi connectivity index (χ0) is 12.5. The van der Waals surface area contributed by atoms with Crippen LogP contribution in [-0.2, 0) is 6.54 Å². The minimum Gasteiger partial charge on any atom is -0.360 e. The predicted octanol–water partition coefficient (Wildman–Crippen LogP) is 2.39. The summed E-state index contributed by atoms with van der Waals surface area (Å²) in [6.45, 7) is 2.57. The SMILES string of the molecule is Cc1cccc2[nH]cc(-c3cc(CN)cnn3)c12. The highest BCUT2D eigenvalue weighted by Crippen LogP contribution is 2.29. The average Bonchev–Trinajstić information content (AvgIpc) is 2.84. The fraction of sp³-hybridized carbons (Fsp3) is 0.143. The summed E-state index contributed by atoms with van der Waals surface area (Å²) in [4.78, 5) is 3.27. The molecule has 2 heterocycles. The molecule has 0 unspecified atom stereocenters. The Hall–Kier alpha value is -2.20. The molecule has 0 bridgehead atoms. The number of aromatic nitrogens is 3. The number of hydrogen-bond donors (Lipinski definition) is 2. The molecule has 2 aromatic heterocycles. The van der Waals surface area contributed by atoms with Crippen molar-refractivity contribution in [2.75, 3.05) is 0 Å². The van der Waals surface area contributed by atoms with Crippen LogP contribution < -0.4 is 5.73 Å². The Labute approximate surface area is 105 Å². The quantitative estimate of drug-likeness (QED) is 0.720. The van der Waals surface area contributed by atoms with E-state index in [1.54, 1.807) is 6.20 Å². The van der Waals surface area contributed by atoms with Crippen LogP contribution in [0.5, 0.6) is 0 Å². The van der Waals surface area contributed by atoms with Crippen LogP contribution >= 0.6 is 0 Å². The molecular weight excluding hydrogens is 224 g/mol. The molecule has 0 saturated heterocycles. The second-order valence-corrected chi connectivity index (χ2v) is 4.35. The summed E-state index contributed by atoms with van der Waals surface area (Å²) in [5.41, 5.74) is 10.9. The molecule has 0 fully saturated rings. The normalized spacial score (nSPS) is 11.0. The first kappa shape index (κ1) is 10.9. The van der Waals surface area contributed by atoms with E-state index in [-0.39, 0.29) is 0 Å². The van der Waals surface area contributed by atoms with Crippen molar-refractivity contribution in [1.29, 1.82) is 0 Å². The second kappa shape index (κ2) is 4.23. The lowest BCUT2D eigenvalue weighted by Gasteiger charge is -2.02. The van der Waals surface area contributed by atoms with Gasteiger partial charge in [0.2, 0.25) is 0 Å². The third-order valence-electron chi connectivity index (χ3n) is 3.14. The van der Waals surface area contributed by atoms with E-state index in [1.807, 2.05) is 18.3 Å². The summed E-state index contributed by atoms with van der Waals surface area (Å²) >= 11 is 0.